The largest absolute Gasteiger partial charge is 0.487 e. The Hall–Kier alpha value is -1.59. The van der Waals surface area contributed by atoms with Crippen molar-refractivity contribution in [1.82, 2.24) is 0 Å². The molecule has 1 nitrogen and oxygen atoms in total. The van der Waals surface area contributed by atoms with Gasteiger partial charge in [-0.1, -0.05) is 86.5 Å². The van der Waals surface area contributed by atoms with E-state index < -0.39 is 16.1 Å². The third-order valence-corrected chi connectivity index (χ3v) is 11.1. The maximum absolute atomic E-state index is 6.38. The Morgan fingerprint density at radius 1 is 0.917 bits per heavy atom. The molecule has 0 aliphatic carbocycles. The predicted octanol–water partition coefficient (Wildman–Crippen LogP) is 5.25. The van der Waals surface area contributed by atoms with Gasteiger partial charge < -0.3 is 4.74 Å². The summed E-state index contributed by atoms with van der Waals surface area (Å²) < 4.78 is 6.38. The fraction of sp³-hybridized carbons (Fsp3) is 0.333. The van der Waals surface area contributed by atoms with Crippen molar-refractivity contribution in [2.45, 2.75) is 45.8 Å². The fourth-order valence-corrected chi connectivity index (χ4v) is 11.6. The van der Waals surface area contributed by atoms with Crippen molar-refractivity contribution >= 4 is 26.5 Å². The van der Waals surface area contributed by atoms with E-state index in [1.807, 2.05) is 0 Å². The summed E-state index contributed by atoms with van der Waals surface area (Å²) in [7, 11) is -3.30. The van der Waals surface area contributed by atoms with Crippen LogP contribution in [0.3, 0.4) is 0 Å². The van der Waals surface area contributed by atoms with Crippen LogP contribution in [0.1, 0.15) is 12.5 Å². The summed E-state index contributed by atoms with van der Waals surface area (Å²) >= 11 is 0. The van der Waals surface area contributed by atoms with Crippen LogP contribution < -0.4 is 9.92 Å². The Bertz CT molecular complexity index is 770. The van der Waals surface area contributed by atoms with Crippen LogP contribution >= 0.6 is 0 Å². The van der Waals surface area contributed by atoms with Gasteiger partial charge in [0.1, 0.15) is 19.9 Å². The predicted molar refractivity (Wildman–Crippen MR) is 110 cm³/mol. The van der Waals surface area contributed by atoms with Gasteiger partial charge in [0.25, 0.3) is 0 Å². The monoisotopic (exact) mass is 352 g/mol. The van der Waals surface area contributed by atoms with Gasteiger partial charge in [0.15, 0.2) is 0 Å². The number of fused-ring (bicyclic) bond motifs is 1. The van der Waals surface area contributed by atoms with E-state index in [-0.39, 0.29) is 6.10 Å². The summed E-state index contributed by atoms with van der Waals surface area (Å²) in [5, 5.41) is 4.62. The zero-order chi connectivity index (χ0) is 17.5. The molecule has 0 spiro atoms. The summed E-state index contributed by atoms with van der Waals surface area (Å²) in [6.07, 6.45) is 0.156. The van der Waals surface area contributed by atoms with Gasteiger partial charge in [0.05, 0.1) is 8.07 Å². The molecular formula is C21H28OSi2. The van der Waals surface area contributed by atoms with Gasteiger partial charge in [0.2, 0.25) is 0 Å². The first kappa shape index (κ1) is 17.2. The lowest BCUT2D eigenvalue weighted by Crippen LogP contribution is -2.54. The first-order valence-electron chi connectivity index (χ1n) is 8.79. The molecule has 1 heterocycles. The van der Waals surface area contributed by atoms with Crippen LogP contribution in [-0.2, 0) is 0 Å². The third kappa shape index (κ3) is 2.91. The van der Waals surface area contributed by atoms with Crippen LogP contribution in [0.2, 0.25) is 32.7 Å². The SMILES string of the molecule is CC1Oc2ccccc2[Si](C)(C)/C1=C(\c1ccccc1)[Si](C)(C)C. The summed E-state index contributed by atoms with van der Waals surface area (Å²) in [6.45, 7) is 14.6. The lowest BCUT2D eigenvalue weighted by Gasteiger charge is -2.42. The van der Waals surface area contributed by atoms with Crippen LogP contribution in [0.5, 0.6) is 5.75 Å². The molecule has 0 N–H and O–H groups in total. The second-order valence-electron chi connectivity index (χ2n) is 8.29. The van der Waals surface area contributed by atoms with Crippen LogP contribution in [0.4, 0.5) is 0 Å². The first-order valence-corrected chi connectivity index (χ1v) is 15.3. The van der Waals surface area contributed by atoms with Gasteiger partial charge in [-0.3, -0.25) is 0 Å². The molecule has 1 unspecified atom stereocenters. The lowest BCUT2D eigenvalue weighted by atomic mass is 10.2. The second kappa shape index (κ2) is 6.05. The Kier molecular flexibility index (Phi) is 4.34. The fourth-order valence-electron chi connectivity index (χ4n) is 4.10. The maximum atomic E-state index is 6.38. The van der Waals surface area contributed by atoms with Gasteiger partial charge in [0, 0.05) is 0 Å². The van der Waals surface area contributed by atoms with Crippen molar-refractivity contribution in [3.05, 3.63) is 65.4 Å². The summed E-state index contributed by atoms with van der Waals surface area (Å²) in [5.41, 5.74) is 1.39. The van der Waals surface area contributed by atoms with Crippen LogP contribution in [-0.4, -0.2) is 22.3 Å². The number of hydrogen-bond acceptors (Lipinski definition) is 1. The summed E-state index contributed by atoms with van der Waals surface area (Å²) in [6, 6.07) is 19.6. The summed E-state index contributed by atoms with van der Waals surface area (Å²) in [4.78, 5) is 0. The highest BCUT2D eigenvalue weighted by molar-refractivity contribution is 7.02. The lowest BCUT2D eigenvalue weighted by molar-refractivity contribution is 0.262. The molecule has 0 saturated heterocycles. The highest BCUT2D eigenvalue weighted by Crippen LogP contribution is 2.39. The van der Waals surface area contributed by atoms with Crippen LogP contribution in [0, 0.1) is 0 Å². The topological polar surface area (TPSA) is 9.23 Å². The molecule has 24 heavy (non-hydrogen) atoms. The average molecular weight is 353 g/mol. The van der Waals surface area contributed by atoms with Gasteiger partial charge in [-0.15, -0.1) is 0 Å². The van der Waals surface area contributed by atoms with E-state index in [1.54, 1.807) is 10.4 Å². The van der Waals surface area contributed by atoms with Gasteiger partial charge in [-0.2, -0.15) is 0 Å². The Morgan fingerprint density at radius 3 is 2.12 bits per heavy atom. The van der Waals surface area contributed by atoms with E-state index in [2.05, 4.69) is 94.3 Å². The van der Waals surface area contributed by atoms with Crippen molar-refractivity contribution in [1.29, 1.82) is 0 Å². The first-order chi connectivity index (χ1) is 11.2. The molecule has 1 atom stereocenters. The normalized spacial score (nSPS) is 21.7. The molecule has 0 bridgehead atoms. The van der Waals surface area contributed by atoms with Crippen molar-refractivity contribution in [3.8, 4) is 5.75 Å². The Labute approximate surface area is 148 Å². The highest BCUT2D eigenvalue weighted by Gasteiger charge is 2.43. The summed E-state index contributed by atoms with van der Waals surface area (Å²) in [5.74, 6) is 1.09. The highest BCUT2D eigenvalue weighted by atomic mass is 28.3. The minimum Gasteiger partial charge on any atom is -0.487 e. The molecule has 3 rings (SSSR count). The van der Waals surface area contributed by atoms with Crippen LogP contribution in [0.25, 0.3) is 5.20 Å². The van der Waals surface area contributed by atoms with E-state index in [0.717, 1.165) is 5.75 Å². The molecular weight excluding hydrogens is 324 g/mol. The molecule has 2 aromatic carbocycles. The Morgan fingerprint density at radius 2 is 1.50 bits per heavy atom. The van der Waals surface area contributed by atoms with Gasteiger partial charge in [-0.25, -0.2) is 0 Å². The molecule has 2 aromatic rings. The van der Waals surface area contributed by atoms with Crippen molar-refractivity contribution < 1.29 is 4.74 Å². The van der Waals surface area contributed by atoms with Gasteiger partial charge >= 0.3 is 0 Å². The van der Waals surface area contributed by atoms with Crippen molar-refractivity contribution in [3.63, 3.8) is 0 Å². The van der Waals surface area contributed by atoms with E-state index in [9.17, 15) is 0 Å². The van der Waals surface area contributed by atoms with Crippen LogP contribution in [0.15, 0.2) is 59.8 Å². The minimum atomic E-state index is -1.77. The van der Waals surface area contributed by atoms with Crippen molar-refractivity contribution in [2.75, 3.05) is 0 Å². The third-order valence-electron chi connectivity index (χ3n) is 5.03. The number of benzene rings is 2. The van der Waals surface area contributed by atoms with Crippen molar-refractivity contribution in [2.24, 2.45) is 0 Å². The molecule has 1 aliphatic heterocycles. The van der Waals surface area contributed by atoms with Gasteiger partial charge in [-0.05, 0) is 28.9 Å². The number of ether oxygens (including phenoxy) is 1. The molecule has 0 aromatic heterocycles. The molecule has 1 aliphatic rings. The van der Waals surface area contributed by atoms with E-state index in [0.29, 0.717) is 0 Å². The number of rotatable bonds is 2. The average Bonchev–Trinajstić information content (AvgIpc) is 2.51. The number of hydrogen-bond donors (Lipinski definition) is 0. The molecule has 0 fully saturated rings. The smallest absolute Gasteiger partial charge is 0.119 e. The zero-order valence-corrected chi connectivity index (χ0v) is 17.7. The molecule has 0 saturated carbocycles. The molecule has 0 amide bonds. The van der Waals surface area contributed by atoms with E-state index in [1.165, 1.54) is 10.8 Å². The minimum absolute atomic E-state index is 0.156. The molecule has 126 valence electrons. The Balaban J connectivity index is 2.32. The molecule has 3 heteroatoms. The quantitative estimate of drug-likeness (QED) is 0.670. The standard InChI is InChI=1S/C21H28OSi2/c1-16-20(21(23(2,3)4)17-12-8-7-9-13-17)24(5,6)19-15-11-10-14-18(19)22-16/h7-16H,1-6H3/b21-20+. The maximum Gasteiger partial charge on any atom is 0.119 e. The number of para-hydroxylation sites is 1. The van der Waals surface area contributed by atoms with E-state index >= 15 is 0 Å². The molecule has 0 radical (unpaired) electrons. The zero-order valence-electron chi connectivity index (χ0n) is 15.7. The van der Waals surface area contributed by atoms with E-state index in [4.69, 9.17) is 4.74 Å². The second-order valence-corrected chi connectivity index (χ2v) is 17.6.